The Morgan fingerprint density at radius 3 is 2.60 bits per heavy atom. The van der Waals surface area contributed by atoms with Crippen molar-refractivity contribution in [2.75, 3.05) is 31.1 Å². The Kier molecular flexibility index (Phi) is 4.14. The summed E-state index contributed by atoms with van der Waals surface area (Å²) in [6.07, 6.45) is 8.65. The van der Waals surface area contributed by atoms with Crippen molar-refractivity contribution in [2.45, 2.75) is 19.4 Å². The summed E-state index contributed by atoms with van der Waals surface area (Å²) >= 11 is 0. The largest absolute Gasteiger partial charge is 0.472 e. The van der Waals surface area contributed by atoms with Gasteiger partial charge in [-0.3, -0.25) is 14.9 Å². The molecule has 0 saturated carbocycles. The molecule has 8 heteroatoms. The van der Waals surface area contributed by atoms with E-state index in [1.54, 1.807) is 11.7 Å². The van der Waals surface area contributed by atoms with Crippen LogP contribution in [0.15, 0.2) is 35.4 Å². The average molecular weight is 343 g/mol. The quantitative estimate of drug-likeness (QED) is 0.638. The number of likely N-dealkylation sites (tertiary alicyclic amines) is 1. The molecule has 2 aliphatic heterocycles. The van der Waals surface area contributed by atoms with Crippen molar-refractivity contribution in [3.05, 3.63) is 42.1 Å². The van der Waals surface area contributed by atoms with E-state index >= 15 is 0 Å². The summed E-state index contributed by atoms with van der Waals surface area (Å²) in [6.45, 7) is 5.06. The molecule has 1 spiro atoms. The van der Waals surface area contributed by atoms with Gasteiger partial charge in [0.2, 0.25) is 5.95 Å². The summed E-state index contributed by atoms with van der Waals surface area (Å²) in [5, 5.41) is 8.62. The van der Waals surface area contributed by atoms with Crippen molar-refractivity contribution < 1.29 is 14.4 Å². The number of carbonyl (C=O) groups is 1. The van der Waals surface area contributed by atoms with Gasteiger partial charge in [-0.1, -0.05) is 0 Å². The smallest absolute Gasteiger partial charge is 0.277 e. The summed E-state index contributed by atoms with van der Waals surface area (Å²) in [7, 11) is 0. The number of hydrogen-bond acceptors (Lipinski definition) is 7. The Morgan fingerprint density at radius 2 is 2.00 bits per heavy atom. The lowest BCUT2D eigenvalue weighted by Gasteiger charge is -2.54. The van der Waals surface area contributed by atoms with Crippen LogP contribution in [0.25, 0.3) is 0 Å². The molecule has 2 saturated heterocycles. The molecule has 2 fully saturated rings. The molecule has 1 amide bonds. The van der Waals surface area contributed by atoms with E-state index in [2.05, 4.69) is 19.8 Å². The number of amides is 1. The highest BCUT2D eigenvalue weighted by atomic mass is 16.5. The molecule has 0 unspecified atom stereocenters. The maximum atomic E-state index is 11.3. The molecular formula is C17H21N5O3. The van der Waals surface area contributed by atoms with E-state index in [1.165, 1.54) is 18.0 Å². The first kappa shape index (κ1) is 16.0. The van der Waals surface area contributed by atoms with Gasteiger partial charge in [-0.05, 0) is 24.3 Å². The zero-order chi connectivity index (χ0) is 17.3. The van der Waals surface area contributed by atoms with Gasteiger partial charge in [0, 0.05) is 50.7 Å². The van der Waals surface area contributed by atoms with Crippen LogP contribution in [0.3, 0.4) is 0 Å². The highest BCUT2D eigenvalue weighted by Gasteiger charge is 2.44. The van der Waals surface area contributed by atoms with Crippen LogP contribution in [-0.2, 0) is 6.54 Å². The minimum atomic E-state index is -0.601. The number of nitrogens with zero attached hydrogens (tertiary/aromatic N) is 4. The second-order valence-corrected chi connectivity index (χ2v) is 6.98. The van der Waals surface area contributed by atoms with Gasteiger partial charge in [-0.25, -0.2) is 15.4 Å². The fourth-order valence-corrected chi connectivity index (χ4v) is 3.82. The molecule has 0 aliphatic carbocycles. The zero-order valence-electron chi connectivity index (χ0n) is 13.9. The van der Waals surface area contributed by atoms with Crippen molar-refractivity contribution in [3.63, 3.8) is 0 Å². The van der Waals surface area contributed by atoms with Crippen LogP contribution in [0.2, 0.25) is 0 Å². The van der Waals surface area contributed by atoms with Gasteiger partial charge in [0.15, 0.2) is 0 Å². The summed E-state index contributed by atoms with van der Waals surface area (Å²) in [4.78, 5) is 24.4. The van der Waals surface area contributed by atoms with Crippen LogP contribution in [0.5, 0.6) is 0 Å². The van der Waals surface area contributed by atoms with E-state index in [-0.39, 0.29) is 5.56 Å². The number of nitrogens with one attached hydrogen (secondary N) is 1. The number of furan rings is 1. The van der Waals surface area contributed by atoms with Gasteiger partial charge in [0.1, 0.15) is 0 Å². The van der Waals surface area contributed by atoms with Crippen molar-refractivity contribution >= 4 is 11.9 Å². The molecule has 2 aromatic heterocycles. The molecule has 0 radical (unpaired) electrons. The summed E-state index contributed by atoms with van der Waals surface area (Å²) < 4.78 is 5.13. The van der Waals surface area contributed by atoms with E-state index < -0.39 is 5.91 Å². The van der Waals surface area contributed by atoms with Crippen LogP contribution in [0, 0.1) is 5.41 Å². The zero-order valence-corrected chi connectivity index (χ0v) is 13.9. The molecule has 0 bridgehead atoms. The number of carbonyl (C=O) groups excluding carboxylic acids is 1. The van der Waals surface area contributed by atoms with Crippen LogP contribution in [-0.4, -0.2) is 52.2 Å². The van der Waals surface area contributed by atoms with Gasteiger partial charge in [0.25, 0.3) is 5.91 Å². The Hall–Kier alpha value is -2.45. The van der Waals surface area contributed by atoms with Crippen LogP contribution in [0.4, 0.5) is 5.95 Å². The Labute approximate surface area is 145 Å². The highest BCUT2D eigenvalue weighted by Crippen LogP contribution is 2.41. The third kappa shape index (κ3) is 3.22. The Morgan fingerprint density at radius 1 is 1.28 bits per heavy atom. The Bertz CT molecular complexity index is 715. The van der Waals surface area contributed by atoms with E-state index in [9.17, 15) is 4.79 Å². The van der Waals surface area contributed by atoms with Crippen LogP contribution in [0.1, 0.15) is 28.8 Å². The summed E-state index contributed by atoms with van der Waals surface area (Å²) in [5.74, 6) is 0.0373. The van der Waals surface area contributed by atoms with Crippen molar-refractivity contribution in [1.29, 1.82) is 0 Å². The van der Waals surface area contributed by atoms with Crippen LogP contribution < -0.4 is 10.4 Å². The molecule has 0 atom stereocenters. The van der Waals surface area contributed by atoms with Crippen molar-refractivity contribution in [3.8, 4) is 0 Å². The molecule has 25 heavy (non-hydrogen) atoms. The second-order valence-electron chi connectivity index (χ2n) is 6.98. The number of anilines is 1. The highest BCUT2D eigenvalue weighted by molar-refractivity contribution is 5.92. The van der Waals surface area contributed by atoms with E-state index in [0.29, 0.717) is 11.4 Å². The number of hydroxylamine groups is 1. The number of aromatic nitrogens is 2. The second kappa shape index (κ2) is 6.45. The summed E-state index contributed by atoms with van der Waals surface area (Å²) in [6, 6.07) is 2.02. The van der Waals surface area contributed by atoms with Gasteiger partial charge in [0.05, 0.1) is 18.1 Å². The number of piperidine rings is 1. The average Bonchev–Trinajstić information content (AvgIpc) is 3.14. The van der Waals surface area contributed by atoms with E-state index in [1.807, 2.05) is 12.3 Å². The minimum Gasteiger partial charge on any atom is -0.472 e. The molecule has 0 aromatic carbocycles. The minimum absolute atomic E-state index is 0.244. The molecule has 8 nitrogen and oxygen atoms in total. The molecule has 2 N–H and O–H groups in total. The predicted octanol–water partition coefficient (Wildman–Crippen LogP) is 1.29. The standard InChI is InChI=1S/C17H21N5O3/c23-15(20-24)14-7-18-16(19-8-14)22-4-2-17(3-5-22)11-21(12-17)9-13-1-6-25-10-13/h1,6-8,10,24H,2-5,9,11-12H2,(H,20,23). The number of rotatable bonds is 4. The molecule has 2 aromatic rings. The monoisotopic (exact) mass is 343 g/mol. The molecular weight excluding hydrogens is 322 g/mol. The number of hydrogen-bond donors (Lipinski definition) is 2. The Balaban J connectivity index is 1.29. The maximum absolute atomic E-state index is 11.3. The fraction of sp³-hybridized carbons (Fsp3) is 0.471. The normalized spacial score (nSPS) is 19.6. The molecule has 4 heterocycles. The first-order valence-electron chi connectivity index (χ1n) is 8.42. The lowest BCUT2D eigenvalue weighted by Crippen LogP contribution is -2.59. The van der Waals surface area contributed by atoms with Crippen LogP contribution >= 0.6 is 0 Å². The first-order chi connectivity index (χ1) is 12.2. The first-order valence-corrected chi connectivity index (χ1v) is 8.42. The van der Waals surface area contributed by atoms with Gasteiger partial charge < -0.3 is 9.32 Å². The molecule has 2 aliphatic rings. The summed E-state index contributed by atoms with van der Waals surface area (Å²) in [5.41, 5.74) is 3.47. The van der Waals surface area contributed by atoms with Gasteiger partial charge >= 0.3 is 0 Å². The van der Waals surface area contributed by atoms with Crippen molar-refractivity contribution in [1.82, 2.24) is 20.3 Å². The van der Waals surface area contributed by atoms with Crippen molar-refractivity contribution in [2.24, 2.45) is 5.41 Å². The fourth-order valence-electron chi connectivity index (χ4n) is 3.82. The predicted molar refractivity (Wildman–Crippen MR) is 89.1 cm³/mol. The molecule has 132 valence electrons. The lowest BCUT2D eigenvalue weighted by atomic mass is 9.72. The van der Waals surface area contributed by atoms with E-state index in [4.69, 9.17) is 9.62 Å². The maximum Gasteiger partial charge on any atom is 0.277 e. The van der Waals surface area contributed by atoms with Gasteiger partial charge in [-0.15, -0.1) is 0 Å². The molecule has 4 rings (SSSR count). The SMILES string of the molecule is O=C(NO)c1cnc(N2CCC3(CC2)CN(Cc2ccoc2)C3)nc1. The topological polar surface area (TPSA) is 94.7 Å². The van der Waals surface area contributed by atoms with Gasteiger partial charge in [-0.2, -0.15) is 0 Å². The third-order valence-corrected chi connectivity index (χ3v) is 5.21. The third-order valence-electron chi connectivity index (χ3n) is 5.21. The van der Waals surface area contributed by atoms with E-state index in [0.717, 1.165) is 45.6 Å². The lowest BCUT2D eigenvalue weighted by molar-refractivity contribution is -0.0242.